The Morgan fingerprint density at radius 3 is 1.23 bits per heavy atom. The lowest BCUT2D eigenvalue weighted by atomic mass is 9.98. The van der Waals surface area contributed by atoms with E-state index in [0.29, 0.717) is 0 Å². The largest absolute Gasteiger partial charge is 0.481 e. The molecule has 0 aromatic carbocycles. The van der Waals surface area contributed by atoms with Gasteiger partial charge in [0.2, 0.25) is 35.4 Å². The zero-order valence-electron chi connectivity index (χ0n) is 34.0. The summed E-state index contributed by atoms with van der Waals surface area (Å²) < 4.78 is 0. The summed E-state index contributed by atoms with van der Waals surface area (Å²) >= 11 is 0. The molecule has 0 aliphatic carbocycles. The minimum absolute atomic E-state index is 0.0467. The molecule has 0 saturated carbocycles. The summed E-state index contributed by atoms with van der Waals surface area (Å²) in [7, 11) is 0. The van der Waals surface area contributed by atoms with Crippen LogP contribution in [0.15, 0.2) is 4.99 Å². The highest BCUT2D eigenvalue weighted by Gasteiger charge is 2.34. The van der Waals surface area contributed by atoms with Crippen LogP contribution in [0.1, 0.15) is 100 Å². The maximum absolute atomic E-state index is 13.9. The van der Waals surface area contributed by atoms with Gasteiger partial charge in [-0.1, -0.05) is 55.4 Å². The third-order valence-corrected chi connectivity index (χ3v) is 8.14. The van der Waals surface area contributed by atoms with Crippen molar-refractivity contribution in [3.63, 3.8) is 0 Å². The van der Waals surface area contributed by atoms with E-state index in [1.807, 2.05) is 27.7 Å². The van der Waals surface area contributed by atoms with Crippen LogP contribution in [0.5, 0.6) is 0 Å². The number of carboxylic acid groups (broad SMARTS) is 2. The van der Waals surface area contributed by atoms with Gasteiger partial charge in [0.1, 0.15) is 36.3 Å². The molecule has 0 rings (SSSR count). The van der Waals surface area contributed by atoms with Crippen LogP contribution in [-0.2, 0) is 38.4 Å². The van der Waals surface area contributed by atoms with E-state index < -0.39 is 96.6 Å². The van der Waals surface area contributed by atoms with Gasteiger partial charge in [0.25, 0.3) is 0 Å². The van der Waals surface area contributed by atoms with Gasteiger partial charge >= 0.3 is 11.9 Å². The van der Waals surface area contributed by atoms with E-state index in [-0.39, 0.29) is 74.7 Å². The maximum Gasteiger partial charge on any atom is 0.326 e. The Labute approximate surface area is 329 Å². The third-order valence-electron chi connectivity index (χ3n) is 8.14. The monoisotopic (exact) mass is 798 g/mol. The van der Waals surface area contributed by atoms with Crippen molar-refractivity contribution in [3.8, 4) is 0 Å². The smallest absolute Gasteiger partial charge is 0.326 e. The van der Waals surface area contributed by atoms with Crippen molar-refractivity contribution in [1.29, 1.82) is 0 Å². The number of carbonyl (C=O) groups is 8. The number of aliphatic carboxylic acids is 2. The molecule has 0 bridgehead atoms. The average Bonchev–Trinajstić information content (AvgIpc) is 3.06. The van der Waals surface area contributed by atoms with Gasteiger partial charge in [-0.25, -0.2) is 4.79 Å². The quantitative estimate of drug-likeness (QED) is 0.0261. The van der Waals surface area contributed by atoms with Crippen molar-refractivity contribution < 1.29 is 48.6 Å². The topological polar surface area (TPSA) is 340 Å². The fraction of sp³-hybridized carbons (Fsp3) is 0.750. The van der Waals surface area contributed by atoms with Crippen LogP contribution >= 0.6 is 0 Å². The Morgan fingerprint density at radius 1 is 0.518 bits per heavy atom. The van der Waals surface area contributed by atoms with Gasteiger partial charge in [-0.3, -0.25) is 38.6 Å². The van der Waals surface area contributed by atoms with Gasteiger partial charge in [0.05, 0.1) is 13.0 Å². The fourth-order valence-electron chi connectivity index (χ4n) is 5.57. The summed E-state index contributed by atoms with van der Waals surface area (Å²) in [5, 5.41) is 34.4. The second-order valence-corrected chi connectivity index (χ2v) is 15.5. The fourth-order valence-corrected chi connectivity index (χ4v) is 5.57. The minimum atomic E-state index is -1.69. The van der Waals surface area contributed by atoms with Gasteiger partial charge in [-0.15, -0.1) is 0 Å². The van der Waals surface area contributed by atoms with Crippen LogP contribution in [0.25, 0.3) is 0 Å². The van der Waals surface area contributed by atoms with Gasteiger partial charge in [-0.05, 0) is 62.2 Å². The lowest BCUT2D eigenvalue weighted by molar-refractivity contribution is -0.143. The summed E-state index contributed by atoms with van der Waals surface area (Å²) in [5.74, 6) is -8.09. The number of guanidine groups is 1. The molecule has 0 unspecified atom stereocenters. The number of aliphatic imine (C=N–C) groups is 1. The molecule has 0 aromatic heterocycles. The Hall–Kier alpha value is -5.01. The highest BCUT2D eigenvalue weighted by molar-refractivity contribution is 5.97. The van der Waals surface area contributed by atoms with Crippen LogP contribution in [0.2, 0.25) is 0 Å². The number of rotatable bonds is 27. The first kappa shape index (κ1) is 51.0. The van der Waals surface area contributed by atoms with E-state index in [1.165, 1.54) is 0 Å². The van der Waals surface area contributed by atoms with Crippen molar-refractivity contribution in [2.45, 2.75) is 137 Å². The maximum atomic E-state index is 13.9. The molecule has 56 heavy (non-hydrogen) atoms. The number of nitrogens with one attached hydrogen (secondary N) is 6. The average molecular weight is 799 g/mol. The Balaban J connectivity index is 6.50. The predicted molar refractivity (Wildman–Crippen MR) is 208 cm³/mol. The van der Waals surface area contributed by atoms with Crippen molar-refractivity contribution in [1.82, 2.24) is 31.9 Å². The predicted octanol–water partition coefficient (Wildman–Crippen LogP) is -1.35. The second kappa shape index (κ2) is 26.0. The van der Waals surface area contributed by atoms with E-state index in [9.17, 15) is 48.6 Å². The molecule has 0 heterocycles. The Kier molecular flexibility index (Phi) is 23.6. The van der Waals surface area contributed by atoms with Crippen LogP contribution < -0.4 is 49.1 Å². The van der Waals surface area contributed by atoms with E-state index in [1.54, 1.807) is 27.7 Å². The van der Waals surface area contributed by atoms with E-state index >= 15 is 0 Å². The number of nitrogens with two attached hydrogens (primary N) is 3. The molecule has 0 aliphatic rings. The summed E-state index contributed by atoms with van der Waals surface area (Å²) in [6, 6.07) is -7.79. The molecular weight excluding hydrogens is 732 g/mol. The van der Waals surface area contributed by atoms with Crippen molar-refractivity contribution >= 4 is 53.3 Å². The molecule has 0 saturated heterocycles. The van der Waals surface area contributed by atoms with Gasteiger partial charge < -0.3 is 59.3 Å². The van der Waals surface area contributed by atoms with Crippen LogP contribution in [-0.4, -0.2) is 113 Å². The molecule has 20 nitrogen and oxygen atoms in total. The molecule has 14 N–H and O–H groups in total. The van der Waals surface area contributed by atoms with Crippen LogP contribution in [0, 0.1) is 23.7 Å². The second-order valence-electron chi connectivity index (χ2n) is 15.5. The van der Waals surface area contributed by atoms with Crippen LogP contribution in [0.4, 0.5) is 0 Å². The molecule has 6 amide bonds. The van der Waals surface area contributed by atoms with Gasteiger partial charge in [0.15, 0.2) is 5.96 Å². The molecule has 0 aliphatic heterocycles. The van der Waals surface area contributed by atoms with Crippen LogP contribution in [0.3, 0.4) is 0 Å². The highest BCUT2D eigenvalue weighted by atomic mass is 16.4. The normalized spacial score (nSPS) is 14.4. The zero-order valence-corrected chi connectivity index (χ0v) is 34.0. The standard InChI is InChI=1S/C36H66N10O10/c1-18(2)12-23(41-28(47)17-37)31(51)45-26(16-29(48)49)34(54)42-22(10-9-11-40-36(38)39)30(50)43-24(13-19(3)4)32(52)44-25(14-20(5)6)33(53)46-27(35(55)56)15-21(7)8/h18-27H,9-17,37H2,1-8H3,(H,41,47)(H,42,54)(H,43,50)(H,44,52)(H,45,51)(H,46,53)(H,48,49)(H,55,56)(H4,38,39,40)/t22-,23-,24-,25-,26-,27-/m0/s1. The first-order valence-corrected chi connectivity index (χ1v) is 19.0. The first-order chi connectivity index (χ1) is 26.0. The summed E-state index contributed by atoms with van der Waals surface area (Å²) in [6.45, 7) is 14.1. The number of nitrogens with zero attached hydrogens (tertiary/aromatic N) is 1. The molecule has 0 aromatic rings. The van der Waals surface area contributed by atoms with E-state index in [2.05, 4.69) is 36.9 Å². The number of carboxylic acids is 2. The SMILES string of the molecule is CC(C)C[C@H](NC(=O)[C@H](CC(C)C)NC(=O)[C@H](CC(C)C)NC(=O)[C@H](CCCN=C(N)N)NC(=O)[C@H](CC(=O)O)NC(=O)[C@H](CC(C)C)NC(=O)CN)C(=O)O. The lowest BCUT2D eigenvalue weighted by Crippen LogP contribution is -2.60. The van der Waals surface area contributed by atoms with Gasteiger partial charge in [-0.2, -0.15) is 0 Å². The molecule has 320 valence electrons. The molecule has 0 fully saturated rings. The minimum Gasteiger partial charge on any atom is -0.481 e. The number of hydrogen-bond donors (Lipinski definition) is 11. The van der Waals surface area contributed by atoms with E-state index in [4.69, 9.17) is 17.2 Å². The Bertz CT molecular complexity index is 1370. The number of hydrogen-bond acceptors (Lipinski definition) is 10. The Morgan fingerprint density at radius 2 is 0.857 bits per heavy atom. The third kappa shape index (κ3) is 21.8. The summed E-state index contributed by atoms with van der Waals surface area (Å²) in [6.07, 6.45) is -0.272. The van der Waals surface area contributed by atoms with Gasteiger partial charge in [0, 0.05) is 6.54 Å². The number of carbonyl (C=O) groups excluding carboxylic acids is 6. The number of amides is 6. The van der Waals surface area contributed by atoms with E-state index in [0.717, 1.165) is 0 Å². The van der Waals surface area contributed by atoms with Crippen molar-refractivity contribution in [2.24, 2.45) is 45.9 Å². The molecule has 0 radical (unpaired) electrons. The van der Waals surface area contributed by atoms with Crippen molar-refractivity contribution in [3.05, 3.63) is 0 Å². The lowest BCUT2D eigenvalue weighted by Gasteiger charge is -2.28. The first-order valence-electron chi connectivity index (χ1n) is 19.0. The van der Waals surface area contributed by atoms with Crippen molar-refractivity contribution in [2.75, 3.05) is 13.1 Å². The highest BCUT2D eigenvalue weighted by Crippen LogP contribution is 2.12. The zero-order chi connectivity index (χ0) is 43.3. The summed E-state index contributed by atoms with van der Waals surface area (Å²) in [5.41, 5.74) is 16.2. The molecule has 0 spiro atoms. The summed E-state index contributed by atoms with van der Waals surface area (Å²) in [4.78, 5) is 107. The molecular formula is C36H66N10O10. The molecule has 20 heteroatoms. The molecule has 6 atom stereocenters.